The average Bonchev–Trinajstić information content (AvgIpc) is 3.88. The van der Waals surface area contributed by atoms with Crippen LogP contribution < -0.4 is 0 Å². The lowest BCUT2D eigenvalue weighted by molar-refractivity contribution is 1.03. The minimum absolute atomic E-state index is 0.630. The minimum Gasteiger partial charge on any atom is -0.307 e. The molecule has 0 N–H and O–H groups in total. The molecule has 9 aromatic carbocycles. The molecule has 0 aliphatic heterocycles. The van der Waals surface area contributed by atoms with Gasteiger partial charge in [-0.05, 0) is 82.3 Å². The highest BCUT2D eigenvalue weighted by Gasteiger charge is 2.30. The number of fused-ring (bicyclic) bond motifs is 12. The molecule has 290 valence electrons. The van der Waals surface area contributed by atoms with Crippen molar-refractivity contribution in [1.29, 1.82) is 0 Å². The lowest BCUT2D eigenvalue weighted by atomic mass is 9.80. The summed E-state index contributed by atoms with van der Waals surface area (Å²) in [6, 6.07) is 71.6. The Kier molecular flexibility index (Phi) is 7.66. The molecule has 13 rings (SSSR count). The predicted molar refractivity (Wildman–Crippen MR) is 254 cm³/mol. The van der Waals surface area contributed by atoms with E-state index in [1.165, 1.54) is 71.1 Å². The second kappa shape index (κ2) is 13.7. The summed E-state index contributed by atoms with van der Waals surface area (Å²) in [6.45, 7) is 0. The number of nitrogens with zero attached hydrogens (tertiary/aromatic N) is 5. The molecule has 0 unspecified atom stereocenters. The van der Waals surface area contributed by atoms with Crippen molar-refractivity contribution in [3.8, 4) is 45.5 Å². The van der Waals surface area contributed by atoms with Crippen molar-refractivity contribution in [2.75, 3.05) is 0 Å². The molecule has 0 fully saturated rings. The number of hydrogen-bond donors (Lipinski definition) is 0. The molecule has 12 aromatic rings. The van der Waals surface area contributed by atoms with Gasteiger partial charge < -0.3 is 9.13 Å². The number of aromatic nitrogens is 5. The maximum Gasteiger partial charge on any atom is 0.164 e. The van der Waals surface area contributed by atoms with Crippen LogP contribution in [0, 0.1) is 0 Å². The molecule has 3 heterocycles. The van der Waals surface area contributed by atoms with Crippen LogP contribution in [-0.2, 0) is 12.8 Å². The maximum atomic E-state index is 5.14. The van der Waals surface area contributed by atoms with Crippen molar-refractivity contribution in [2.24, 2.45) is 0 Å². The molecular weight excluding hydrogens is 755 g/mol. The van der Waals surface area contributed by atoms with E-state index in [4.69, 9.17) is 15.0 Å². The molecule has 0 amide bonds. The third-order valence-electron chi connectivity index (χ3n) is 12.8. The van der Waals surface area contributed by atoms with E-state index in [1.54, 1.807) is 0 Å². The summed E-state index contributed by atoms with van der Waals surface area (Å²) < 4.78 is 5.01. The quantitative estimate of drug-likeness (QED) is 0.174. The third-order valence-corrected chi connectivity index (χ3v) is 12.8. The van der Waals surface area contributed by atoms with E-state index in [9.17, 15) is 0 Å². The summed E-state index contributed by atoms with van der Waals surface area (Å²) in [5.74, 6) is 1.92. The molecule has 0 spiro atoms. The predicted octanol–water partition coefficient (Wildman–Crippen LogP) is 13.7. The van der Waals surface area contributed by atoms with Crippen molar-refractivity contribution in [3.63, 3.8) is 0 Å². The number of hydrogen-bond acceptors (Lipinski definition) is 3. The molecule has 0 radical (unpaired) electrons. The maximum absolute atomic E-state index is 5.14. The number of rotatable bonds is 5. The van der Waals surface area contributed by atoms with Crippen LogP contribution in [0.4, 0.5) is 0 Å². The Morgan fingerprint density at radius 1 is 0.339 bits per heavy atom. The van der Waals surface area contributed by atoms with Crippen LogP contribution in [-0.4, -0.2) is 24.1 Å². The molecule has 62 heavy (non-hydrogen) atoms. The van der Waals surface area contributed by atoms with Gasteiger partial charge in [0.2, 0.25) is 0 Å². The lowest BCUT2D eigenvalue weighted by Crippen LogP contribution is -2.10. The zero-order chi connectivity index (χ0) is 40.7. The summed E-state index contributed by atoms with van der Waals surface area (Å²) in [4.78, 5) is 15.3. The lowest BCUT2D eigenvalue weighted by Gasteiger charge is -2.24. The molecule has 0 saturated heterocycles. The van der Waals surface area contributed by atoms with Gasteiger partial charge in [-0.1, -0.05) is 164 Å². The Morgan fingerprint density at radius 2 is 0.742 bits per heavy atom. The summed E-state index contributed by atoms with van der Waals surface area (Å²) in [5.41, 5.74) is 15.4. The molecule has 5 heteroatoms. The van der Waals surface area contributed by atoms with Crippen molar-refractivity contribution < 1.29 is 0 Å². The molecule has 0 saturated carbocycles. The molecule has 5 nitrogen and oxygen atoms in total. The first-order valence-corrected chi connectivity index (χ1v) is 21.3. The van der Waals surface area contributed by atoms with Crippen molar-refractivity contribution >= 4 is 54.4 Å². The summed E-state index contributed by atoms with van der Waals surface area (Å²) in [7, 11) is 0. The SMILES string of the molecule is c1ccc(-c2nc(-c3ccccc3)nc(-c3cccc(-n4c5ccccc5c5c6c(c7c8ccccc8n(-c8ccccc8)c7c54)Cc4cc5ccccc5cc4C6)c3)n2)cc1. The first-order chi connectivity index (χ1) is 30.7. The van der Waals surface area contributed by atoms with Gasteiger partial charge in [-0.2, -0.15) is 0 Å². The zero-order valence-corrected chi connectivity index (χ0v) is 33.7. The molecular formula is C57H37N5. The summed E-state index contributed by atoms with van der Waals surface area (Å²) in [6.07, 6.45) is 1.73. The van der Waals surface area contributed by atoms with Crippen molar-refractivity contribution in [2.45, 2.75) is 12.8 Å². The highest BCUT2D eigenvalue weighted by Crippen LogP contribution is 2.48. The van der Waals surface area contributed by atoms with Gasteiger partial charge in [0.05, 0.1) is 22.1 Å². The Morgan fingerprint density at radius 3 is 1.27 bits per heavy atom. The fourth-order valence-corrected chi connectivity index (χ4v) is 10.1. The normalized spacial score (nSPS) is 12.4. The molecule has 1 aliphatic carbocycles. The van der Waals surface area contributed by atoms with Gasteiger partial charge in [-0.3, -0.25) is 0 Å². The van der Waals surface area contributed by atoms with Gasteiger partial charge in [-0.25, -0.2) is 15.0 Å². The Bertz CT molecular complexity index is 3680. The van der Waals surface area contributed by atoms with Crippen LogP contribution >= 0.6 is 0 Å². The van der Waals surface area contributed by atoms with Crippen LogP contribution in [0.25, 0.3) is 99.9 Å². The molecule has 0 bridgehead atoms. The van der Waals surface area contributed by atoms with Crippen LogP contribution in [0.2, 0.25) is 0 Å². The van der Waals surface area contributed by atoms with Gasteiger partial charge in [0.25, 0.3) is 0 Å². The zero-order valence-electron chi connectivity index (χ0n) is 33.7. The van der Waals surface area contributed by atoms with Gasteiger partial charge in [0, 0.05) is 49.6 Å². The summed E-state index contributed by atoms with van der Waals surface area (Å²) >= 11 is 0. The van der Waals surface area contributed by atoms with Gasteiger partial charge in [0.1, 0.15) is 0 Å². The van der Waals surface area contributed by atoms with Crippen molar-refractivity contribution in [1.82, 2.24) is 24.1 Å². The Labute approximate surface area is 357 Å². The molecule has 1 aliphatic rings. The highest BCUT2D eigenvalue weighted by atomic mass is 15.1. The largest absolute Gasteiger partial charge is 0.307 e. The van der Waals surface area contributed by atoms with Gasteiger partial charge in [-0.15, -0.1) is 0 Å². The second-order valence-electron chi connectivity index (χ2n) is 16.4. The van der Waals surface area contributed by atoms with Crippen LogP contribution in [0.15, 0.2) is 200 Å². The van der Waals surface area contributed by atoms with Crippen molar-refractivity contribution in [3.05, 3.63) is 222 Å². The van der Waals surface area contributed by atoms with E-state index in [0.29, 0.717) is 17.5 Å². The minimum atomic E-state index is 0.630. The fourth-order valence-electron chi connectivity index (χ4n) is 10.1. The van der Waals surface area contributed by atoms with Crippen LogP contribution in [0.1, 0.15) is 22.3 Å². The van der Waals surface area contributed by atoms with E-state index in [1.807, 2.05) is 36.4 Å². The van der Waals surface area contributed by atoms with Gasteiger partial charge in [0.15, 0.2) is 17.5 Å². The average molecular weight is 792 g/mol. The Balaban J connectivity index is 1.14. The first-order valence-electron chi connectivity index (χ1n) is 21.3. The first kappa shape index (κ1) is 34.7. The summed E-state index contributed by atoms with van der Waals surface area (Å²) in [5, 5.41) is 7.73. The van der Waals surface area contributed by atoms with Crippen LogP contribution in [0.5, 0.6) is 0 Å². The van der Waals surface area contributed by atoms with E-state index in [0.717, 1.165) is 46.4 Å². The standard InChI is InChI=1S/C57H37N5/c1-4-17-36(18-5-1)55-58-56(37-19-6-2-7-20-37)60-57(59-55)40-23-16-26-44(33-40)62-50-30-15-13-28-46(50)52-48-35-42-32-39-22-11-10-21-38(39)31-41(42)34-47(48)51-45-27-12-14-29-49(45)61(53(51)54(52)62)43-24-8-3-9-25-43/h1-33H,34-35H2. The fraction of sp³-hybridized carbons (Fsp3) is 0.0351. The topological polar surface area (TPSA) is 48.5 Å². The van der Waals surface area contributed by atoms with E-state index < -0.39 is 0 Å². The van der Waals surface area contributed by atoms with E-state index >= 15 is 0 Å². The number of benzene rings is 9. The molecule has 3 aromatic heterocycles. The van der Waals surface area contributed by atoms with E-state index in [-0.39, 0.29) is 0 Å². The van der Waals surface area contributed by atoms with Crippen LogP contribution in [0.3, 0.4) is 0 Å². The Hall–Kier alpha value is -8.15. The smallest absolute Gasteiger partial charge is 0.164 e. The number of para-hydroxylation sites is 3. The van der Waals surface area contributed by atoms with E-state index in [2.05, 4.69) is 173 Å². The second-order valence-corrected chi connectivity index (χ2v) is 16.4. The highest BCUT2D eigenvalue weighted by molar-refractivity contribution is 6.26. The van der Waals surface area contributed by atoms with Gasteiger partial charge >= 0.3 is 0 Å². The molecule has 0 atom stereocenters. The third kappa shape index (κ3) is 5.31. The monoisotopic (exact) mass is 791 g/mol.